The van der Waals surface area contributed by atoms with E-state index in [0.29, 0.717) is 17.4 Å². The fourth-order valence-corrected chi connectivity index (χ4v) is 6.77. The molecule has 0 radical (unpaired) electrons. The maximum atomic E-state index is 12.9. The van der Waals surface area contributed by atoms with Crippen molar-refractivity contribution < 1.29 is 32.9 Å². The molecule has 0 aliphatic rings. The van der Waals surface area contributed by atoms with Crippen molar-refractivity contribution in [3.63, 3.8) is 0 Å². The lowest BCUT2D eigenvalue weighted by molar-refractivity contribution is -0.870. The largest absolute Gasteiger partial charge is 0.472 e. The molecule has 60 heavy (non-hydrogen) atoms. The summed E-state index contributed by atoms with van der Waals surface area (Å²) in [6.45, 7) is 4.62. The molecule has 3 atom stereocenters. The number of nitrogens with one attached hydrogen (secondary N) is 1. The number of nitrogens with zero attached hydrogens (tertiary/aromatic N) is 1. The van der Waals surface area contributed by atoms with Gasteiger partial charge in [-0.3, -0.25) is 13.8 Å². The second kappa shape index (κ2) is 41.8. The first-order chi connectivity index (χ1) is 29.0. The highest BCUT2D eigenvalue weighted by atomic mass is 31.2. The van der Waals surface area contributed by atoms with Crippen LogP contribution in [0.15, 0.2) is 97.2 Å². The third-order valence-corrected chi connectivity index (χ3v) is 10.7. The number of aliphatic hydroxyl groups is 1. The van der Waals surface area contributed by atoms with Crippen LogP contribution >= 0.6 is 7.82 Å². The number of unbranched alkanes of at least 4 members (excludes halogenated alkanes) is 14. The van der Waals surface area contributed by atoms with Gasteiger partial charge in [0.1, 0.15) is 13.2 Å². The number of phosphoric ester groups is 1. The summed E-state index contributed by atoms with van der Waals surface area (Å²) in [7, 11) is 1.52. The van der Waals surface area contributed by atoms with Gasteiger partial charge < -0.3 is 19.8 Å². The van der Waals surface area contributed by atoms with Crippen LogP contribution in [0.25, 0.3) is 0 Å². The summed E-state index contributed by atoms with van der Waals surface area (Å²) in [6, 6.07) is -0.881. The predicted molar refractivity (Wildman–Crippen MR) is 258 cm³/mol. The Kier molecular flexibility index (Phi) is 40.0. The molecule has 3 N–H and O–H groups in total. The van der Waals surface area contributed by atoms with E-state index >= 15 is 0 Å². The fraction of sp³-hybridized carbons (Fsp3) is 0.667. The molecule has 344 valence electrons. The number of rotatable bonds is 41. The third-order valence-electron chi connectivity index (χ3n) is 9.77. The van der Waals surface area contributed by atoms with Crippen LogP contribution < -0.4 is 5.32 Å². The van der Waals surface area contributed by atoms with Gasteiger partial charge >= 0.3 is 7.82 Å². The minimum absolute atomic E-state index is 0.0456. The molecule has 0 rings (SSSR count). The standard InChI is InChI=1S/C51H89N2O6P/c1-6-8-10-12-14-16-18-20-22-23-24-25-26-27-28-29-31-33-35-37-39-41-43-45-51(55)52-49(48-59-60(56,57)58-47-46-53(3,4)5)50(54)44-42-40-38-36-34-32-30-21-19-17-15-13-11-9-7-2/h8,10,14,16,19-22,24-25,27-28,34,36,42,44,49-50,54H,6-7,9,11-13,15,17-18,23,26,29-33,35,37-41,43,45-48H2,1-5H3,(H-,52,55,56,57)/p+1/b10-8-,16-14-,21-19+,22-20-,25-24-,28-27-,36-34+,44-42+. The molecular weight excluding hydrogens is 768 g/mol. The third kappa shape index (κ3) is 43.5. The lowest BCUT2D eigenvalue weighted by Gasteiger charge is -2.25. The van der Waals surface area contributed by atoms with Crippen molar-refractivity contribution >= 4 is 13.7 Å². The number of carbonyl (C=O) groups is 1. The van der Waals surface area contributed by atoms with Crippen LogP contribution in [0.4, 0.5) is 0 Å². The van der Waals surface area contributed by atoms with Crippen LogP contribution in [0.1, 0.15) is 168 Å². The van der Waals surface area contributed by atoms with E-state index in [1.165, 1.54) is 57.8 Å². The van der Waals surface area contributed by atoms with Crippen molar-refractivity contribution in [1.29, 1.82) is 0 Å². The lowest BCUT2D eigenvalue weighted by Crippen LogP contribution is -2.45. The van der Waals surface area contributed by atoms with E-state index in [1.807, 2.05) is 27.2 Å². The summed E-state index contributed by atoms with van der Waals surface area (Å²) in [5.41, 5.74) is 0. The van der Waals surface area contributed by atoms with E-state index in [1.54, 1.807) is 6.08 Å². The smallest absolute Gasteiger partial charge is 0.387 e. The van der Waals surface area contributed by atoms with E-state index in [-0.39, 0.29) is 19.1 Å². The number of likely N-dealkylation sites (N-methyl/N-ethyl adjacent to an activating group) is 1. The Balaban J connectivity index is 4.45. The van der Waals surface area contributed by atoms with Crippen LogP contribution in [0.2, 0.25) is 0 Å². The van der Waals surface area contributed by atoms with E-state index in [2.05, 4.69) is 104 Å². The molecule has 0 fully saturated rings. The minimum Gasteiger partial charge on any atom is -0.387 e. The second-order valence-corrected chi connectivity index (χ2v) is 18.2. The quantitative estimate of drug-likeness (QED) is 0.0245. The van der Waals surface area contributed by atoms with Crippen molar-refractivity contribution in [2.45, 2.75) is 180 Å². The first-order valence-electron chi connectivity index (χ1n) is 23.6. The molecule has 0 aliphatic carbocycles. The minimum atomic E-state index is -4.36. The number of quaternary nitrogens is 1. The van der Waals surface area contributed by atoms with Crippen molar-refractivity contribution in [1.82, 2.24) is 5.32 Å². The van der Waals surface area contributed by atoms with Crippen molar-refractivity contribution in [2.24, 2.45) is 0 Å². The van der Waals surface area contributed by atoms with Crippen molar-refractivity contribution in [2.75, 3.05) is 40.9 Å². The highest BCUT2D eigenvalue weighted by Crippen LogP contribution is 2.43. The summed E-state index contributed by atoms with van der Waals surface area (Å²) in [5, 5.41) is 13.8. The Labute approximate surface area is 369 Å². The van der Waals surface area contributed by atoms with Gasteiger partial charge in [0.25, 0.3) is 0 Å². The van der Waals surface area contributed by atoms with Crippen LogP contribution in [-0.4, -0.2) is 73.4 Å². The average Bonchev–Trinajstić information content (AvgIpc) is 3.20. The topological polar surface area (TPSA) is 105 Å². The van der Waals surface area contributed by atoms with Gasteiger partial charge in [0, 0.05) is 6.42 Å². The zero-order valence-corrected chi connectivity index (χ0v) is 39.8. The predicted octanol–water partition coefficient (Wildman–Crippen LogP) is 13.5. The maximum absolute atomic E-state index is 12.9. The van der Waals surface area contributed by atoms with Crippen molar-refractivity contribution in [3.8, 4) is 0 Å². The normalized spacial score (nSPS) is 15.1. The summed E-state index contributed by atoms with van der Waals surface area (Å²) < 4.78 is 23.6. The van der Waals surface area contributed by atoms with Gasteiger partial charge in [-0.25, -0.2) is 4.57 Å². The molecule has 0 bridgehead atoms. The zero-order valence-electron chi connectivity index (χ0n) is 38.9. The number of aliphatic hydroxyl groups excluding tert-OH is 1. The Bertz CT molecular complexity index is 1290. The molecule has 8 nitrogen and oxygen atoms in total. The molecule has 0 aromatic heterocycles. The highest BCUT2D eigenvalue weighted by molar-refractivity contribution is 7.47. The number of allylic oxidation sites excluding steroid dienone is 15. The fourth-order valence-electron chi connectivity index (χ4n) is 6.04. The molecule has 0 aliphatic heterocycles. The number of hydrogen-bond donors (Lipinski definition) is 3. The molecular formula is C51H90N2O6P+. The van der Waals surface area contributed by atoms with Crippen molar-refractivity contribution in [3.05, 3.63) is 97.2 Å². The van der Waals surface area contributed by atoms with Gasteiger partial charge in [-0.15, -0.1) is 0 Å². The van der Waals surface area contributed by atoms with Crippen LogP contribution in [0, 0.1) is 0 Å². The first kappa shape index (κ1) is 57.4. The zero-order chi connectivity index (χ0) is 44.3. The summed E-state index contributed by atoms with van der Waals surface area (Å²) in [4.78, 5) is 23.2. The van der Waals surface area contributed by atoms with Gasteiger partial charge in [-0.05, 0) is 89.9 Å². The van der Waals surface area contributed by atoms with Gasteiger partial charge in [-0.1, -0.05) is 169 Å². The molecule has 1 amide bonds. The van der Waals surface area contributed by atoms with Gasteiger partial charge in [0.2, 0.25) is 5.91 Å². The molecule has 0 aromatic rings. The number of phosphoric acid groups is 1. The van der Waals surface area contributed by atoms with E-state index in [4.69, 9.17) is 9.05 Å². The van der Waals surface area contributed by atoms with Gasteiger partial charge in [-0.2, -0.15) is 0 Å². The van der Waals surface area contributed by atoms with E-state index < -0.39 is 20.0 Å². The SMILES string of the molecule is CC/C=C\C/C=C\C/C=C\C/C=C\C/C=C\CCCCCCCCCC(=O)NC(COP(=O)(O)OCC[N+](C)(C)C)C(O)/C=C/CC/C=C/CC/C=C/CCCCCCC. The summed E-state index contributed by atoms with van der Waals surface area (Å²) >= 11 is 0. The monoisotopic (exact) mass is 858 g/mol. The first-order valence-corrected chi connectivity index (χ1v) is 25.1. The Hall–Kier alpha value is -2.58. The number of amides is 1. The highest BCUT2D eigenvalue weighted by Gasteiger charge is 2.27. The molecule has 0 spiro atoms. The van der Waals surface area contributed by atoms with E-state index in [0.717, 1.165) is 89.9 Å². The molecule has 9 heteroatoms. The number of hydrogen-bond acceptors (Lipinski definition) is 5. The van der Waals surface area contributed by atoms with Crippen LogP contribution in [0.3, 0.4) is 0 Å². The number of carbonyl (C=O) groups excluding carboxylic acids is 1. The average molecular weight is 858 g/mol. The maximum Gasteiger partial charge on any atom is 0.472 e. The van der Waals surface area contributed by atoms with Crippen LogP contribution in [-0.2, 0) is 18.4 Å². The molecule has 0 heterocycles. The molecule has 0 saturated carbocycles. The molecule has 3 unspecified atom stereocenters. The Morgan fingerprint density at radius 2 is 1.02 bits per heavy atom. The molecule has 0 aromatic carbocycles. The molecule has 0 saturated heterocycles. The van der Waals surface area contributed by atoms with Gasteiger partial charge in [0.05, 0.1) is 39.9 Å². The Morgan fingerprint density at radius 1 is 0.583 bits per heavy atom. The van der Waals surface area contributed by atoms with Crippen LogP contribution in [0.5, 0.6) is 0 Å². The van der Waals surface area contributed by atoms with E-state index in [9.17, 15) is 19.4 Å². The van der Waals surface area contributed by atoms with Gasteiger partial charge in [0.15, 0.2) is 0 Å². The summed E-state index contributed by atoms with van der Waals surface area (Å²) in [5.74, 6) is -0.208. The lowest BCUT2D eigenvalue weighted by atomic mass is 10.1. The second-order valence-electron chi connectivity index (χ2n) is 16.7. The summed E-state index contributed by atoms with van der Waals surface area (Å²) in [6.07, 6.45) is 59.1. The Morgan fingerprint density at radius 3 is 1.53 bits per heavy atom.